The van der Waals surface area contributed by atoms with Gasteiger partial charge in [-0.1, -0.05) is 24.3 Å². The van der Waals surface area contributed by atoms with Gasteiger partial charge in [-0.05, 0) is 45.8 Å². The molecule has 2 amide bonds. The Bertz CT molecular complexity index is 795. The van der Waals surface area contributed by atoms with Crippen molar-refractivity contribution in [2.24, 2.45) is 0 Å². The van der Waals surface area contributed by atoms with Gasteiger partial charge >= 0.3 is 6.18 Å². The van der Waals surface area contributed by atoms with Gasteiger partial charge in [0.25, 0.3) is 5.91 Å². The molecule has 2 N–H and O–H groups in total. The average Bonchev–Trinajstić information content (AvgIpc) is 2.61. The van der Waals surface area contributed by atoms with Crippen molar-refractivity contribution in [2.45, 2.75) is 12.8 Å². The van der Waals surface area contributed by atoms with Crippen LogP contribution in [-0.4, -0.2) is 31.1 Å². The van der Waals surface area contributed by atoms with Crippen molar-refractivity contribution in [3.63, 3.8) is 0 Å². The number of halogens is 4. The first-order valence-electron chi connectivity index (χ1n) is 7.80. The Morgan fingerprint density at radius 1 is 1.04 bits per heavy atom. The summed E-state index contributed by atoms with van der Waals surface area (Å²) in [5.74, 6) is -0.868. The minimum absolute atomic E-state index is 0.213. The van der Waals surface area contributed by atoms with E-state index >= 15 is 0 Å². The molecular formula is C18H16BrF3N2O3. The Morgan fingerprint density at radius 3 is 2.33 bits per heavy atom. The third-order valence-corrected chi connectivity index (χ3v) is 4.00. The van der Waals surface area contributed by atoms with Gasteiger partial charge in [-0.25, -0.2) is 0 Å². The summed E-state index contributed by atoms with van der Waals surface area (Å²) >= 11 is 3.30. The molecule has 27 heavy (non-hydrogen) atoms. The number of hydrogen-bond acceptors (Lipinski definition) is 3. The predicted octanol–water partition coefficient (Wildman–Crippen LogP) is 3.90. The van der Waals surface area contributed by atoms with Gasteiger partial charge in [-0.2, -0.15) is 13.2 Å². The minimum atomic E-state index is -4.38. The minimum Gasteiger partial charge on any atom is -0.367 e. The Kier molecular flexibility index (Phi) is 7.37. The van der Waals surface area contributed by atoms with Gasteiger partial charge in [-0.3, -0.25) is 9.59 Å². The highest BCUT2D eigenvalue weighted by atomic mass is 79.9. The van der Waals surface area contributed by atoms with E-state index in [1.165, 1.54) is 24.3 Å². The summed E-state index contributed by atoms with van der Waals surface area (Å²) in [6.45, 7) is -1.77. The molecule has 0 aliphatic heterocycles. The molecule has 0 saturated heterocycles. The topological polar surface area (TPSA) is 67.4 Å². The fraction of sp³-hybridized carbons (Fsp3) is 0.222. The molecule has 5 nitrogen and oxygen atoms in total. The first-order chi connectivity index (χ1) is 12.7. The molecule has 0 bridgehead atoms. The van der Waals surface area contributed by atoms with E-state index in [0.717, 1.165) is 0 Å². The predicted molar refractivity (Wildman–Crippen MR) is 97.3 cm³/mol. The molecule has 2 aromatic rings. The quantitative estimate of drug-likeness (QED) is 0.680. The molecule has 0 spiro atoms. The van der Waals surface area contributed by atoms with Crippen LogP contribution >= 0.6 is 15.9 Å². The molecule has 0 unspecified atom stereocenters. The summed E-state index contributed by atoms with van der Waals surface area (Å²) < 4.78 is 41.3. The van der Waals surface area contributed by atoms with Gasteiger partial charge in [0, 0.05) is 10.0 Å². The number of hydrogen-bond donors (Lipinski definition) is 2. The standard InChI is InChI=1S/C18H16BrF3N2O3/c19-14-3-1-2-4-15(14)24-16(25)9-23-17(26)13-7-5-12(6-8-13)10-27-11-18(20,21)22/h1-8H,9-11H2,(H,23,26)(H,24,25). The van der Waals surface area contributed by atoms with Gasteiger partial charge in [0.05, 0.1) is 18.8 Å². The zero-order chi connectivity index (χ0) is 19.9. The number of ether oxygens (including phenoxy) is 1. The molecule has 0 saturated carbocycles. The largest absolute Gasteiger partial charge is 0.411 e. The maximum absolute atomic E-state index is 12.0. The van der Waals surface area contributed by atoms with Crippen LogP contribution in [0, 0.1) is 0 Å². The second-order valence-corrected chi connectivity index (χ2v) is 6.37. The normalized spacial score (nSPS) is 11.1. The second kappa shape index (κ2) is 9.52. The van der Waals surface area contributed by atoms with Crippen LogP contribution in [0.15, 0.2) is 53.0 Å². The smallest absolute Gasteiger partial charge is 0.367 e. The molecule has 9 heteroatoms. The molecule has 0 aromatic heterocycles. The fourth-order valence-electron chi connectivity index (χ4n) is 2.06. The van der Waals surface area contributed by atoms with Crippen molar-refractivity contribution >= 4 is 33.4 Å². The lowest BCUT2D eigenvalue weighted by Gasteiger charge is -2.09. The molecule has 0 atom stereocenters. The number of amides is 2. The fourth-order valence-corrected chi connectivity index (χ4v) is 2.44. The van der Waals surface area contributed by atoms with Crippen molar-refractivity contribution in [3.05, 3.63) is 64.1 Å². The highest BCUT2D eigenvalue weighted by molar-refractivity contribution is 9.10. The summed E-state index contributed by atoms with van der Waals surface area (Å²) in [6.07, 6.45) is -4.38. The highest BCUT2D eigenvalue weighted by Crippen LogP contribution is 2.20. The van der Waals surface area contributed by atoms with Crippen LogP contribution in [0.4, 0.5) is 18.9 Å². The molecule has 0 aliphatic carbocycles. The van der Waals surface area contributed by atoms with Crippen LogP contribution in [0.5, 0.6) is 0 Å². The van der Waals surface area contributed by atoms with Gasteiger partial charge in [0.1, 0.15) is 6.61 Å². The number of carbonyl (C=O) groups is 2. The molecule has 0 heterocycles. The number of benzene rings is 2. The number of para-hydroxylation sites is 1. The average molecular weight is 445 g/mol. The Labute approximate surface area is 162 Å². The van der Waals surface area contributed by atoms with E-state index in [4.69, 9.17) is 0 Å². The maximum atomic E-state index is 12.0. The molecule has 0 radical (unpaired) electrons. The van der Waals surface area contributed by atoms with Crippen molar-refractivity contribution in [3.8, 4) is 0 Å². The molecule has 0 aliphatic rings. The monoisotopic (exact) mass is 444 g/mol. The molecular weight excluding hydrogens is 429 g/mol. The van der Waals surface area contributed by atoms with Gasteiger partial charge in [-0.15, -0.1) is 0 Å². The van der Waals surface area contributed by atoms with E-state index in [9.17, 15) is 22.8 Å². The van der Waals surface area contributed by atoms with Crippen molar-refractivity contribution < 1.29 is 27.5 Å². The number of anilines is 1. The van der Waals surface area contributed by atoms with E-state index in [0.29, 0.717) is 15.7 Å². The van der Waals surface area contributed by atoms with E-state index in [-0.39, 0.29) is 18.7 Å². The Morgan fingerprint density at radius 2 is 1.70 bits per heavy atom. The summed E-state index contributed by atoms with van der Waals surface area (Å²) in [5, 5.41) is 5.13. The van der Waals surface area contributed by atoms with Gasteiger partial charge < -0.3 is 15.4 Å². The van der Waals surface area contributed by atoms with Gasteiger partial charge in [0.2, 0.25) is 5.91 Å². The molecule has 0 fully saturated rings. The van der Waals surface area contributed by atoms with Crippen LogP contribution in [0.2, 0.25) is 0 Å². The zero-order valence-electron chi connectivity index (χ0n) is 14.0. The Balaban J connectivity index is 1.80. The summed E-state index contributed by atoms with van der Waals surface area (Å²) in [7, 11) is 0. The van der Waals surface area contributed by atoms with E-state index in [1.54, 1.807) is 24.3 Å². The summed E-state index contributed by atoms with van der Waals surface area (Å²) in [5.41, 5.74) is 1.37. The lowest BCUT2D eigenvalue weighted by atomic mass is 10.1. The van der Waals surface area contributed by atoms with Gasteiger partial charge in [0.15, 0.2) is 0 Å². The number of alkyl halides is 3. The van der Waals surface area contributed by atoms with Crippen LogP contribution < -0.4 is 10.6 Å². The number of rotatable bonds is 7. The lowest BCUT2D eigenvalue weighted by Crippen LogP contribution is -2.32. The van der Waals surface area contributed by atoms with Crippen LogP contribution in [-0.2, 0) is 16.1 Å². The molecule has 2 aromatic carbocycles. The third kappa shape index (κ3) is 7.40. The Hall–Kier alpha value is -2.39. The maximum Gasteiger partial charge on any atom is 0.411 e. The number of nitrogens with one attached hydrogen (secondary N) is 2. The van der Waals surface area contributed by atoms with E-state index < -0.39 is 24.6 Å². The highest BCUT2D eigenvalue weighted by Gasteiger charge is 2.27. The summed E-state index contributed by atoms with van der Waals surface area (Å²) in [6, 6.07) is 12.9. The number of carbonyl (C=O) groups excluding carboxylic acids is 2. The van der Waals surface area contributed by atoms with Crippen LogP contribution in [0.3, 0.4) is 0 Å². The zero-order valence-corrected chi connectivity index (χ0v) is 15.6. The first-order valence-corrected chi connectivity index (χ1v) is 8.60. The van der Waals surface area contributed by atoms with Crippen LogP contribution in [0.1, 0.15) is 15.9 Å². The van der Waals surface area contributed by atoms with E-state index in [2.05, 4.69) is 31.3 Å². The van der Waals surface area contributed by atoms with Crippen LogP contribution in [0.25, 0.3) is 0 Å². The van der Waals surface area contributed by atoms with Crippen molar-refractivity contribution in [2.75, 3.05) is 18.5 Å². The first kappa shape index (κ1) is 20.9. The summed E-state index contributed by atoms with van der Waals surface area (Å²) in [4.78, 5) is 23.9. The van der Waals surface area contributed by atoms with Crippen molar-refractivity contribution in [1.82, 2.24) is 5.32 Å². The van der Waals surface area contributed by atoms with Crippen molar-refractivity contribution in [1.29, 1.82) is 0 Å². The van der Waals surface area contributed by atoms with E-state index in [1.807, 2.05) is 0 Å². The lowest BCUT2D eigenvalue weighted by molar-refractivity contribution is -0.176. The SMILES string of the molecule is O=C(CNC(=O)c1ccc(COCC(F)(F)F)cc1)Nc1ccccc1Br. The third-order valence-electron chi connectivity index (χ3n) is 3.31. The molecule has 2 rings (SSSR count). The second-order valence-electron chi connectivity index (χ2n) is 5.52. The molecule has 144 valence electrons.